The molecule has 0 aliphatic carbocycles. The van der Waals surface area contributed by atoms with E-state index in [9.17, 15) is 14.4 Å². The van der Waals surface area contributed by atoms with Crippen molar-refractivity contribution in [1.82, 2.24) is 10.6 Å². The first-order valence-corrected chi connectivity index (χ1v) is 5.08. The lowest BCUT2D eigenvalue weighted by Crippen LogP contribution is -2.51. The molecule has 8 nitrogen and oxygen atoms in total. The number of aliphatic carboxylic acids is 1. The Balaban J connectivity index is 3.91. The van der Waals surface area contributed by atoms with Gasteiger partial charge in [0.2, 0.25) is 5.91 Å². The number of nitrogens with one attached hydrogen (secondary N) is 2. The highest BCUT2D eigenvalue weighted by Crippen LogP contribution is 1.93. The average molecular weight is 247 g/mol. The van der Waals surface area contributed by atoms with E-state index in [0.717, 1.165) is 0 Å². The molecular formula is C9H17N3O5. The maximum Gasteiger partial charge on any atom is 0.328 e. The van der Waals surface area contributed by atoms with Crippen LogP contribution in [-0.4, -0.2) is 46.8 Å². The number of nitrogens with two attached hydrogens (primary N) is 1. The van der Waals surface area contributed by atoms with Gasteiger partial charge in [-0.15, -0.1) is 0 Å². The van der Waals surface area contributed by atoms with E-state index in [1.165, 1.54) is 6.92 Å². The van der Waals surface area contributed by atoms with Crippen LogP contribution in [0.2, 0.25) is 0 Å². The molecule has 3 amide bonds. The Morgan fingerprint density at radius 1 is 1.35 bits per heavy atom. The van der Waals surface area contributed by atoms with E-state index < -0.39 is 30.1 Å². The smallest absolute Gasteiger partial charge is 0.328 e. The van der Waals surface area contributed by atoms with E-state index in [4.69, 9.17) is 15.9 Å². The number of aliphatic hydroxyl groups is 1. The van der Waals surface area contributed by atoms with E-state index in [1.54, 1.807) is 0 Å². The minimum Gasteiger partial charge on any atom is -0.480 e. The standard InChI is InChI=1S/C9H17N3O5/c1-5(13)7(8(15)16)12-9(17)11-4-2-3-6(10)14/h5,7,13H,2-4H2,1H3,(H2,10,14)(H,15,16)(H2,11,12,17). The van der Waals surface area contributed by atoms with Crippen molar-refractivity contribution in [1.29, 1.82) is 0 Å². The zero-order chi connectivity index (χ0) is 13.4. The molecule has 0 spiro atoms. The lowest BCUT2D eigenvalue weighted by Gasteiger charge is -2.17. The third kappa shape index (κ3) is 7.12. The number of primary amides is 1. The highest BCUT2D eigenvalue weighted by Gasteiger charge is 2.24. The molecule has 2 unspecified atom stereocenters. The predicted molar refractivity (Wildman–Crippen MR) is 58.1 cm³/mol. The summed E-state index contributed by atoms with van der Waals surface area (Å²) in [4.78, 5) is 32.2. The summed E-state index contributed by atoms with van der Waals surface area (Å²) in [6.45, 7) is 1.45. The highest BCUT2D eigenvalue weighted by atomic mass is 16.4. The first-order valence-electron chi connectivity index (χ1n) is 5.08. The Bertz CT molecular complexity index is 292. The summed E-state index contributed by atoms with van der Waals surface area (Å²) in [5, 5.41) is 22.2. The van der Waals surface area contributed by atoms with E-state index in [0.29, 0.717) is 6.42 Å². The number of hydrogen-bond donors (Lipinski definition) is 5. The number of carbonyl (C=O) groups is 3. The molecule has 0 aromatic rings. The molecule has 0 fully saturated rings. The summed E-state index contributed by atoms with van der Waals surface area (Å²) in [5.41, 5.74) is 4.89. The number of urea groups is 1. The lowest BCUT2D eigenvalue weighted by atomic mass is 10.2. The van der Waals surface area contributed by atoms with Crippen LogP contribution in [0.5, 0.6) is 0 Å². The second-order valence-corrected chi connectivity index (χ2v) is 3.53. The minimum atomic E-state index is -1.37. The van der Waals surface area contributed by atoms with Gasteiger partial charge in [0.15, 0.2) is 6.04 Å². The van der Waals surface area contributed by atoms with Gasteiger partial charge in [-0.2, -0.15) is 0 Å². The molecule has 6 N–H and O–H groups in total. The van der Waals surface area contributed by atoms with Gasteiger partial charge in [0.05, 0.1) is 6.10 Å². The third-order valence-electron chi connectivity index (χ3n) is 1.92. The summed E-state index contributed by atoms with van der Waals surface area (Å²) in [5.74, 6) is -1.80. The SMILES string of the molecule is CC(O)C(NC(=O)NCCCC(N)=O)C(=O)O. The predicted octanol–water partition coefficient (Wildman–Crippen LogP) is -1.61. The van der Waals surface area contributed by atoms with Crippen LogP contribution in [0, 0.1) is 0 Å². The van der Waals surface area contributed by atoms with Crippen LogP contribution in [0.3, 0.4) is 0 Å². The largest absolute Gasteiger partial charge is 0.480 e. The van der Waals surface area contributed by atoms with Gasteiger partial charge in [-0.1, -0.05) is 0 Å². The number of amides is 3. The van der Waals surface area contributed by atoms with Gasteiger partial charge in [-0.25, -0.2) is 9.59 Å². The fourth-order valence-corrected chi connectivity index (χ4v) is 1.05. The fourth-order valence-electron chi connectivity index (χ4n) is 1.05. The van der Waals surface area contributed by atoms with Gasteiger partial charge in [-0.05, 0) is 13.3 Å². The maximum absolute atomic E-state index is 11.2. The topological polar surface area (TPSA) is 142 Å². The van der Waals surface area contributed by atoms with Gasteiger partial charge in [-0.3, -0.25) is 4.79 Å². The van der Waals surface area contributed by atoms with Crippen molar-refractivity contribution in [2.75, 3.05) is 6.54 Å². The van der Waals surface area contributed by atoms with Crippen molar-refractivity contribution < 1.29 is 24.6 Å². The first-order chi connectivity index (χ1) is 7.84. The van der Waals surface area contributed by atoms with Crippen LogP contribution in [0.25, 0.3) is 0 Å². The van der Waals surface area contributed by atoms with Gasteiger partial charge in [0, 0.05) is 13.0 Å². The van der Waals surface area contributed by atoms with E-state index in [1.807, 2.05) is 0 Å². The number of carbonyl (C=O) groups excluding carboxylic acids is 2. The molecule has 0 aliphatic heterocycles. The third-order valence-corrected chi connectivity index (χ3v) is 1.92. The zero-order valence-electron chi connectivity index (χ0n) is 9.47. The van der Waals surface area contributed by atoms with E-state index in [-0.39, 0.29) is 13.0 Å². The van der Waals surface area contributed by atoms with Crippen LogP contribution in [0.1, 0.15) is 19.8 Å². The molecule has 0 bridgehead atoms. The summed E-state index contributed by atoms with van der Waals surface area (Å²) in [7, 11) is 0. The molecule has 17 heavy (non-hydrogen) atoms. The van der Waals surface area contributed by atoms with Crippen molar-refractivity contribution in [3.63, 3.8) is 0 Å². The Kier molecular flexibility index (Phi) is 6.64. The van der Waals surface area contributed by atoms with Crippen LogP contribution in [-0.2, 0) is 9.59 Å². The normalized spacial score (nSPS) is 13.5. The summed E-state index contributed by atoms with van der Waals surface area (Å²) < 4.78 is 0. The van der Waals surface area contributed by atoms with E-state index in [2.05, 4.69) is 10.6 Å². The van der Waals surface area contributed by atoms with Gasteiger partial charge < -0.3 is 26.6 Å². The first kappa shape index (κ1) is 15.2. The van der Waals surface area contributed by atoms with Crippen molar-refractivity contribution in [2.24, 2.45) is 5.73 Å². The molecule has 0 aliphatic rings. The molecule has 0 aromatic heterocycles. The van der Waals surface area contributed by atoms with Gasteiger partial charge in [0.1, 0.15) is 0 Å². The average Bonchev–Trinajstić information content (AvgIpc) is 2.19. The molecule has 0 saturated carbocycles. The number of carboxylic acids is 1. The Morgan fingerprint density at radius 3 is 2.35 bits per heavy atom. The zero-order valence-corrected chi connectivity index (χ0v) is 9.47. The van der Waals surface area contributed by atoms with Gasteiger partial charge in [0.25, 0.3) is 0 Å². The number of carboxylic acid groups (broad SMARTS) is 1. The summed E-state index contributed by atoms with van der Waals surface area (Å²) in [6.07, 6.45) is -0.697. The Hall–Kier alpha value is -1.83. The van der Waals surface area contributed by atoms with Crippen molar-refractivity contribution >= 4 is 17.9 Å². The van der Waals surface area contributed by atoms with E-state index >= 15 is 0 Å². The summed E-state index contributed by atoms with van der Waals surface area (Å²) in [6, 6.07) is -2.09. The monoisotopic (exact) mass is 247 g/mol. The molecule has 2 atom stereocenters. The lowest BCUT2D eigenvalue weighted by molar-refractivity contribution is -0.141. The quantitative estimate of drug-likeness (QED) is 0.344. The molecule has 0 saturated heterocycles. The molecule has 8 heteroatoms. The molecule has 98 valence electrons. The second kappa shape index (κ2) is 7.44. The number of aliphatic hydroxyl groups excluding tert-OH is 1. The van der Waals surface area contributed by atoms with Crippen LogP contribution >= 0.6 is 0 Å². The van der Waals surface area contributed by atoms with Crippen molar-refractivity contribution in [3.05, 3.63) is 0 Å². The summed E-state index contributed by atoms with van der Waals surface area (Å²) >= 11 is 0. The Morgan fingerprint density at radius 2 is 1.94 bits per heavy atom. The number of hydrogen-bond acceptors (Lipinski definition) is 4. The van der Waals surface area contributed by atoms with Crippen LogP contribution < -0.4 is 16.4 Å². The fraction of sp³-hybridized carbons (Fsp3) is 0.667. The van der Waals surface area contributed by atoms with Crippen molar-refractivity contribution in [3.8, 4) is 0 Å². The van der Waals surface area contributed by atoms with Crippen molar-refractivity contribution in [2.45, 2.75) is 31.9 Å². The minimum absolute atomic E-state index is 0.138. The molecule has 0 radical (unpaired) electrons. The maximum atomic E-state index is 11.2. The van der Waals surface area contributed by atoms with Crippen LogP contribution in [0.4, 0.5) is 4.79 Å². The molecule has 0 rings (SSSR count). The Labute approximate surface area is 98.2 Å². The number of rotatable bonds is 7. The van der Waals surface area contributed by atoms with Crippen LogP contribution in [0.15, 0.2) is 0 Å². The second-order valence-electron chi connectivity index (χ2n) is 3.53. The molecular weight excluding hydrogens is 230 g/mol. The molecule has 0 heterocycles. The highest BCUT2D eigenvalue weighted by molar-refractivity contribution is 5.83. The van der Waals surface area contributed by atoms with Gasteiger partial charge >= 0.3 is 12.0 Å². The molecule has 0 aromatic carbocycles.